The van der Waals surface area contributed by atoms with Crippen LogP contribution in [-0.4, -0.2) is 62.0 Å². The van der Waals surface area contributed by atoms with Gasteiger partial charge in [0.25, 0.3) is 0 Å². The highest BCUT2D eigenvalue weighted by Crippen LogP contribution is 2.17. The number of amides is 1. The average Bonchev–Trinajstić information content (AvgIpc) is 2.83. The summed E-state index contributed by atoms with van der Waals surface area (Å²) in [5, 5.41) is 37.9. The Morgan fingerprint density at radius 1 is 0.500 bits per heavy atom. The highest BCUT2D eigenvalue weighted by Gasteiger charge is 2.24. The van der Waals surface area contributed by atoms with Crippen molar-refractivity contribution in [3.05, 3.63) is 0 Å². The monoisotopic (exact) mass is 543 g/mol. The van der Waals surface area contributed by atoms with Gasteiger partial charge in [-0.3, -0.25) is 24.0 Å². The molecule has 0 aliphatic rings. The van der Waals surface area contributed by atoms with Gasteiger partial charge in [-0.1, -0.05) is 64.2 Å². The van der Waals surface area contributed by atoms with Crippen LogP contribution in [0.15, 0.2) is 0 Å². The molecular formula is C27H45NO10. The molecule has 2 atom stereocenters. The largest absolute Gasteiger partial charge is 0.481 e. The summed E-state index contributed by atoms with van der Waals surface area (Å²) < 4.78 is 0. The van der Waals surface area contributed by atoms with Gasteiger partial charge in [-0.2, -0.15) is 0 Å². The second-order valence-electron chi connectivity index (χ2n) is 9.84. The number of aliphatic carboxylic acids is 4. The number of rotatable bonds is 26. The van der Waals surface area contributed by atoms with E-state index in [0.29, 0.717) is 6.42 Å². The Morgan fingerprint density at radius 2 is 0.947 bits per heavy atom. The Labute approximate surface area is 224 Å². The lowest BCUT2D eigenvalue weighted by Crippen LogP contribution is -2.41. The van der Waals surface area contributed by atoms with E-state index in [-0.39, 0.29) is 44.3 Å². The molecular weight excluding hydrogens is 498 g/mol. The van der Waals surface area contributed by atoms with Crippen molar-refractivity contribution < 1.29 is 49.2 Å². The van der Waals surface area contributed by atoms with E-state index in [1.165, 1.54) is 12.8 Å². The fourth-order valence-electron chi connectivity index (χ4n) is 4.15. The maximum absolute atomic E-state index is 12.2. The minimum atomic E-state index is -1.37. The lowest BCUT2D eigenvalue weighted by Gasteiger charge is -2.15. The molecule has 38 heavy (non-hydrogen) atoms. The van der Waals surface area contributed by atoms with Crippen LogP contribution >= 0.6 is 0 Å². The standard InChI is InChI=1S/C27H45NO10/c29-21(13-11-9-7-5-3-1-2-4-6-8-10-12-14-24(31)32)19-20(26(35)36)15-17-23(30)28-22(27(37)38)16-18-25(33)34/h20,22H,1-19H2,(H,28,30)(H,31,32)(H,33,34)(H,35,36)(H,37,38). The van der Waals surface area contributed by atoms with Crippen molar-refractivity contribution in [3.8, 4) is 0 Å². The Hall–Kier alpha value is -2.98. The molecule has 11 nitrogen and oxygen atoms in total. The molecule has 2 unspecified atom stereocenters. The predicted molar refractivity (Wildman–Crippen MR) is 139 cm³/mol. The van der Waals surface area contributed by atoms with E-state index in [0.717, 1.165) is 57.8 Å². The second kappa shape index (κ2) is 22.0. The summed E-state index contributed by atoms with van der Waals surface area (Å²) in [6, 6.07) is -1.37. The number of carbonyl (C=O) groups excluding carboxylic acids is 2. The van der Waals surface area contributed by atoms with Gasteiger partial charge in [0.05, 0.1) is 5.92 Å². The van der Waals surface area contributed by atoms with Gasteiger partial charge >= 0.3 is 23.9 Å². The summed E-state index contributed by atoms with van der Waals surface area (Å²) >= 11 is 0. The molecule has 0 saturated heterocycles. The van der Waals surface area contributed by atoms with Crippen molar-refractivity contribution in [2.45, 2.75) is 128 Å². The first-order valence-corrected chi connectivity index (χ1v) is 13.7. The Kier molecular flexibility index (Phi) is 20.3. The van der Waals surface area contributed by atoms with Crippen LogP contribution in [0.2, 0.25) is 0 Å². The van der Waals surface area contributed by atoms with E-state index < -0.39 is 48.2 Å². The number of ketones is 1. The van der Waals surface area contributed by atoms with Crippen LogP contribution in [0.5, 0.6) is 0 Å². The lowest BCUT2D eigenvalue weighted by atomic mass is 9.94. The first kappa shape index (κ1) is 35.0. The molecule has 0 aromatic heterocycles. The first-order chi connectivity index (χ1) is 18.0. The van der Waals surface area contributed by atoms with Crippen LogP contribution in [0.3, 0.4) is 0 Å². The zero-order valence-corrected chi connectivity index (χ0v) is 22.3. The zero-order valence-electron chi connectivity index (χ0n) is 22.3. The molecule has 0 saturated carbocycles. The summed E-state index contributed by atoms with van der Waals surface area (Å²) in [5.41, 5.74) is 0. The fraction of sp³-hybridized carbons (Fsp3) is 0.778. The van der Waals surface area contributed by atoms with Gasteiger partial charge in [0, 0.05) is 32.1 Å². The van der Waals surface area contributed by atoms with Crippen LogP contribution in [-0.2, 0) is 28.8 Å². The molecule has 218 valence electrons. The van der Waals surface area contributed by atoms with Gasteiger partial charge in [-0.05, 0) is 25.7 Å². The van der Waals surface area contributed by atoms with Gasteiger partial charge in [0.15, 0.2) is 0 Å². The van der Waals surface area contributed by atoms with Gasteiger partial charge in [0.2, 0.25) is 5.91 Å². The topological polar surface area (TPSA) is 195 Å². The third kappa shape index (κ3) is 21.1. The number of unbranched alkanes of at least 4 members (excludes halogenated alkanes) is 11. The zero-order chi connectivity index (χ0) is 28.8. The van der Waals surface area contributed by atoms with E-state index >= 15 is 0 Å². The highest BCUT2D eigenvalue weighted by molar-refractivity contribution is 5.86. The number of carbonyl (C=O) groups is 6. The molecule has 0 heterocycles. The van der Waals surface area contributed by atoms with E-state index in [9.17, 15) is 33.9 Å². The quantitative estimate of drug-likeness (QED) is 0.0975. The first-order valence-electron chi connectivity index (χ1n) is 13.7. The molecule has 0 bridgehead atoms. The normalized spacial score (nSPS) is 12.4. The molecule has 5 N–H and O–H groups in total. The van der Waals surface area contributed by atoms with E-state index in [1.54, 1.807) is 0 Å². The SMILES string of the molecule is O=C(O)CCCCCCCCCCCCCCC(=O)CC(CCC(=O)NC(CCC(=O)O)C(=O)O)C(=O)O. The molecule has 0 aliphatic carbocycles. The second-order valence-corrected chi connectivity index (χ2v) is 9.84. The molecule has 0 spiro atoms. The molecule has 11 heteroatoms. The Balaban J connectivity index is 3.95. The maximum Gasteiger partial charge on any atom is 0.326 e. The van der Waals surface area contributed by atoms with Crippen LogP contribution < -0.4 is 5.32 Å². The van der Waals surface area contributed by atoms with Crippen molar-refractivity contribution in [2.75, 3.05) is 0 Å². The van der Waals surface area contributed by atoms with Gasteiger partial charge in [0.1, 0.15) is 11.8 Å². The smallest absolute Gasteiger partial charge is 0.326 e. The van der Waals surface area contributed by atoms with Crippen molar-refractivity contribution >= 4 is 35.6 Å². The van der Waals surface area contributed by atoms with E-state index in [2.05, 4.69) is 5.32 Å². The molecule has 1 amide bonds. The van der Waals surface area contributed by atoms with Crippen LogP contribution in [0.4, 0.5) is 0 Å². The number of carboxylic acid groups (broad SMARTS) is 4. The van der Waals surface area contributed by atoms with Crippen molar-refractivity contribution in [3.63, 3.8) is 0 Å². The summed E-state index contributed by atoms with van der Waals surface area (Å²) in [7, 11) is 0. The third-order valence-electron chi connectivity index (χ3n) is 6.42. The van der Waals surface area contributed by atoms with Crippen molar-refractivity contribution in [1.82, 2.24) is 5.32 Å². The Bertz CT molecular complexity index is 752. The van der Waals surface area contributed by atoms with E-state index in [4.69, 9.17) is 15.3 Å². The lowest BCUT2D eigenvalue weighted by molar-refractivity contribution is -0.145. The van der Waals surface area contributed by atoms with E-state index in [1.807, 2.05) is 0 Å². The molecule has 0 aliphatic heterocycles. The van der Waals surface area contributed by atoms with Crippen LogP contribution in [0, 0.1) is 5.92 Å². The van der Waals surface area contributed by atoms with Crippen LogP contribution in [0.1, 0.15) is 122 Å². The average molecular weight is 544 g/mol. The van der Waals surface area contributed by atoms with Gasteiger partial charge < -0.3 is 25.7 Å². The third-order valence-corrected chi connectivity index (χ3v) is 6.42. The summed E-state index contributed by atoms with van der Waals surface area (Å²) in [5.74, 6) is -6.39. The molecule has 0 rings (SSSR count). The Morgan fingerprint density at radius 3 is 1.37 bits per heavy atom. The van der Waals surface area contributed by atoms with Gasteiger partial charge in [-0.25, -0.2) is 4.79 Å². The number of hydrogen-bond donors (Lipinski definition) is 5. The summed E-state index contributed by atoms with van der Waals surface area (Å²) in [6.07, 6.45) is 11.5. The van der Waals surface area contributed by atoms with Gasteiger partial charge in [-0.15, -0.1) is 0 Å². The summed E-state index contributed by atoms with van der Waals surface area (Å²) in [6.45, 7) is 0. The summed E-state index contributed by atoms with van der Waals surface area (Å²) in [4.78, 5) is 68.0. The number of nitrogens with one attached hydrogen (secondary N) is 1. The molecule has 0 aromatic carbocycles. The minimum absolute atomic E-state index is 0.111. The number of Topliss-reactive ketones (excluding diaryl/α,β-unsaturated/α-hetero) is 1. The van der Waals surface area contributed by atoms with Crippen LogP contribution in [0.25, 0.3) is 0 Å². The maximum atomic E-state index is 12.2. The van der Waals surface area contributed by atoms with Crippen molar-refractivity contribution in [1.29, 1.82) is 0 Å². The minimum Gasteiger partial charge on any atom is -0.481 e. The highest BCUT2D eigenvalue weighted by atomic mass is 16.4. The predicted octanol–water partition coefficient (Wildman–Crippen LogP) is 4.41. The molecule has 0 radical (unpaired) electrons. The number of hydrogen-bond acceptors (Lipinski definition) is 6. The molecule has 0 aromatic rings. The molecule has 0 fully saturated rings. The fourth-order valence-corrected chi connectivity index (χ4v) is 4.15. The number of carboxylic acids is 4. The van der Waals surface area contributed by atoms with Crippen molar-refractivity contribution in [2.24, 2.45) is 5.92 Å².